The van der Waals surface area contributed by atoms with Gasteiger partial charge in [0.15, 0.2) is 0 Å². The Bertz CT molecular complexity index is 792. The zero-order chi connectivity index (χ0) is 16.7. The molecule has 1 aromatic carbocycles. The summed E-state index contributed by atoms with van der Waals surface area (Å²) in [6.07, 6.45) is 2.37. The molecule has 3 unspecified atom stereocenters. The van der Waals surface area contributed by atoms with Crippen molar-refractivity contribution in [3.05, 3.63) is 71.8 Å². The van der Waals surface area contributed by atoms with E-state index >= 15 is 0 Å². The second-order valence-electron chi connectivity index (χ2n) is 5.80. The van der Waals surface area contributed by atoms with E-state index in [1.807, 2.05) is 18.2 Å². The maximum Gasteiger partial charge on any atom is 0.264 e. The molecule has 1 amide bonds. The fourth-order valence-corrected chi connectivity index (χ4v) is 3.14. The average Bonchev–Trinajstić information content (AvgIpc) is 2.93. The minimum atomic E-state index is -0.442. The van der Waals surface area contributed by atoms with Crippen LogP contribution in [0.3, 0.4) is 0 Å². The van der Waals surface area contributed by atoms with Gasteiger partial charge in [0.2, 0.25) is 0 Å². The lowest BCUT2D eigenvalue weighted by atomic mass is 9.97. The molecule has 3 atom stereocenters. The third-order valence-corrected chi connectivity index (χ3v) is 4.29. The van der Waals surface area contributed by atoms with Crippen molar-refractivity contribution in [1.82, 2.24) is 20.7 Å². The average molecular weight is 325 g/mol. The third-order valence-electron chi connectivity index (χ3n) is 4.29. The van der Waals surface area contributed by atoms with Gasteiger partial charge >= 0.3 is 0 Å². The van der Waals surface area contributed by atoms with E-state index in [2.05, 4.69) is 15.7 Å². The van der Waals surface area contributed by atoms with E-state index in [0.717, 1.165) is 11.3 Å². The van der Waals surface area contributed by atoms with Gasteiger partial charge in [0.05, 0.1) is 17.8 Å². The number of rotatable bonds is 2. The molecule has 1 aromatic heterocycles. The Kier molecular flexibility index (Phi) is 3.51. The van der Waals surface area contributed by atoms with E-state index in [9.17, 15) is 9.18 Å². The van der Waals surface area contributed by atoms with Crippen molar-refractivity contribution in [1.29, 1.82) is 0 Å². The number of carbonyl (C=O) groups is 1. The number of carbonyl (C=O) groups excluding carboxylic acids is 1. The number of hydrogen-bond donors (Lipinski definition) is 3. The van der Waals surface area contributed by atoms with Gasteiger partial charge in [-0.1, -0.05) is 6.07 Å². The quantitative estimate of drug-likeness (QED) is 0.764. The van der Waals surface area contributed by atoms with E-state index < -0.39 is 6.17 Å². The van der Waals surface area contributed by atoms with E-state index in [-0.39, 0.29) is 23.8 Å². The number of nitrogens with zero attached hydrogens (tertiary/aromatic N) is 2. The molecule has 4 N–H and O–H groups in total. The highest BCUT2D eigenvalue weighted by Gasteiger charge is 2.45. The number of halogens is 1. The van der Waals surface area contributed by atoms with Crippen molar-refractivity contribution in [2.45, 2.75) is 18.2 Å². The fraction of sp³-hybridized carbons (Fsp3) is 0.176. The zero-order valence-electron chi connectivity index (χ0n) is 12.7. The summed E-state index contributed by atoms with van der Waals surface area (Å²) in [5.74, 6) is -0.731. The van der Waals surface area contributed by atoms with Gasteiger partial charge < -0.3 is 11.1 Å². The molecule has 0 spiro atoms. The first-order chi connectivity index (χ1) is 11.6. The van der Waals surface area contributed by atoms with Crippen molar-refractivity contribution >= 4 is 11.6 Å². The number of hydrazine groups is 1. The van der Waals surface area contributed by atoms with Crippen LogP contribution in [0.15, 0.2) is 54.7 Å². The lowest BCUT2D eigenvalue weighted by molar-refractivity contribution is -0.131. The highest BCUT2D eigenvalue weighted by atomic mass is 19.1. The Morgan fingerprint density at radius 2 is 1.96 bits per heavy atom. The first kappa shape index (κ1) is 14.8. The Balaban J connectivity index is 1.68. The monoisotopic (exact) mass is 325 g/mol. The van der Waals surface area contributed by atoms with Crippen molar-refractivity contribution in [2.24, 2.45) is 5.73 Å². The smallest absolute Gasteiger partial charge is 0.264 e. The Morgan fingerprint density at radius 1 is 1.17 bits per heavy atom. The Morgan fingerprint density at radius 3 is 2.67 bits per heavy atom. The highest BCUT2D eigenvalue weighted by Crippen LogP contribution is 2.32. The Labute approximate surface area is 138 Å². The van der Waals surface area contributed by atoms with Crippen LogP contribution in [-0.2, 0) is 4.79 Å². The molecule has 3 heterocycles. The summed E-state index contributed by atoms with van der Waals surface area (Å²) < 4.78 is 13.1. The second-order valence-corrected chi connectivity index (χ2v) is 5.80. The number of nitrogens with two attached hydrogens (primary N) is 1. The molecule has 1 fully saturated rings. The minimum absolute atomic E-state index is 0.202. The molecule has 6 nitrogen and oxygen atoms in total. The molecule has 122 valence electrons. The first-order valence-electron chi connectivity index (χ1n) is 7.63. The number of aromatic nitrogens is 1. The predicted octanol–water partition coefficient (Wildman–Crippen LogP) is 0.906. The summed E-state index contributed by atoms with van der Waals surface area (Å²) in [5, 5.41) is 4.80. The third kappa shape index (κ3) is 2.44. The lowest BCUT2D eigenvalue weighted by Gasteiger charge is -2.32. The van der Waals surface area contributed by atoms with Gasteiger partial charge in [0, 0.05) is 18.0 Å². The van der Waals surface area contributed by atoms with Crippen molar-refractivity contribution in [3.63, 3.8) is 0 Å². The van der Waals surface area contributed by atoms with Gasteiger partial charge in [-0.05, 0) is 42.0 Å². The van der Waals surface area contributed by atoms with Crippen molar-refractivity contribution < 1.29 is 9.18 Å². The number of amides is 1. The van der Waals surface area contributed by atoms with Crippen LogP contribution in [0, 0.1) is 5.82 Å². The molecule has 0 bridgehead atoms. The summed E-state index contributed by atoms with van der Waals surface area (Å²) in [7, 11) is 0. The number of hydrogen-bond acceptors (Lipinski definition) is 5. The number of nitrogens with one attached hydrogen (secondary N) is 2. The van der Waals surface area contributed by atoms with Crippen LogP contribution in [0.5, 0.6) is 0 Å². The van der Waals surface area contributed by atoms with Gasteiger partial charge in [0.1, 0.15) is 12.0 Å². The SMILES string of the molecule is NC1NN2C(=O)C=C(c3ccc(F)cc3)NC2C1c1ccccn1. The Hall–Kier alpha value is -2.77. The van der Waals surface area contributed by atoms with E-state index in [0.29, 0.717) is 5.70 Å². The van der Waals surface area contributed by atoms with E-state index in [1.54, 1.807) is 18.3 Å². The van der Waals surface area contributed by atoms with Crippen LogP contribution in [0.25, 0.3) is 5.70 Å². The highest BCUT2D eigenvalue weighted by molar-refractivity contribution is 5.96. The zero-order valence-corrected chi connectivity index (χ0v) is 12.7. The minimum Gasteiger partial charge on any atom is -0.363 e. The topological polar surface area (TPSA) is 83.3 Å². The summed E-state index contributed by atoms with van der Waals surface area (Å²) in [6.45, 7) is 0. The molecule has 0 radical (unpaired) electrons. The summed E-state index contributed by atoms with van der Waals surface area (Å²) in [4.78, 5) is 16.8. The van der Waals surface area contributed by atoms with Gasteiger partial charge in [0.25, 0.3) is 5.91 Å². The molecule has 0 aliphatic carbocycles. The molecular weight excluding hydrogens is 309 g/mol. The molecule has 2 aliphatic heterocycles. The molecule has 7 heteroatoms. The first-order valence-corrected chi connectivity index (χ1v) is 7.63. The molecular formula is C17H16FN5O. The van der Waals surface area contributed by atoms with Crippen LogP contribution >= 0.6 is 0 Å². The predicted molar refractivity (Wildman–Crippen MR) is 86.2 cm³/mol. The maximum atomic E-state index is 13.1. The van der Waals surface area contributed by atoms with Gasteiger partial charge in [-0.2, -0.15) is 0 Å². The van der Waals surface area contributed by atoms with Gasteiger partial charge in [-0.3, -0.25) is 9.78 Å². The summed E-state index contributed by atoms with van der Waals surface area (Å²) in [5.41, 5.74) is 11.3. The second kappa shape index (κ2) is 5.70. The van der Waals surface area contributed by atoms with Crippen LogP contribution in [0.2, 0.25) is 0 Å². The van der Waals surface area contributed by atoms with Crippen LogP contribution in [0.4, 0.5) is 4.39 Å². The molecule has 2 aromatic rings. The molecule has 4 rings (SSSR count). The lowest BCUT2D eigenvalue weighted by Crippen LogP contribution is -2.52. The molecule has 1 saturated heterocycles. The summed E-state index contributed by atoms with van der Waals surface area (Å²) in [6, 6.07) is 11.6. The molecule has 2 aliphatic rings. The van der Waals surface area contributed by atoms with E-state index in [4.69, 9.17) is 5.73 Å². The fourth-order valence-electron chi connectivity index (χ4n) is 3.14. The van der Waals surface area contributed by atoms with Crippen LogP contribution in [-0.4, -0.2) is 28.2 Å². The molecule has 0 saturated carbocycles. The van der Waals surface area contributed by atoms with E-state index in [1.165, 1.54) is 23.2 Å². The summed E-state index contributed by atoms with van der Waals surface area (Å²) >= 11 is 0. The number of pyridine rings is 1. The van der Waals surface area contributed by atoms with Crippen molar-refractivity contribution in [2.75, 3.05) is 0 Å². The number of fused-ring (bicyclic) bond motifs is 1. The maximum absolute atomic E-state index is 13.1. The van der Waals surface area contributed by atoms with Crippen molar-refractivity contribution in [3.8, 4) is 0 Å². The largest absolute Gasteiger partial charge is 0.363 e. The van der Waals surface area contributed by atoms with Gasteiger partial charge in [-0.25, -0.2) is 14.8 Å². The van der Waals surface area contributed by atoms with Crippen LogP contribution in [0.1, 0.15) is 17.2 Å². The standard InChI is InChI=1S/C17H16FN5O/c18-11-6-4-10(5-7-11)13-9-14(24)23-17(21-13)15(16(19)22-23)12-3-1-2-8-20-12/h1-9,15-17,21-22H,19H2. The molecule has 24 heavy (non-hydrogen) atoms. The number of benzene rings is 1. The normalized spacial score (nSPS) is 25.9. The van der Waals surface area contributed by atoms with Gasteiger partial charge in [-0.15, -0.1) is 0 Å². The van der Waals surface area contributed by atoms with Crippen LogP contribution < -0.4 is 16.5 Å².